The second-order valence-electron chi connectivity index (χ2n) is 3.81. The maximum Gasteiger partial charge on any atom is 0.281 e. The largest absolute Gasteiger partial charge is 0.392 e. The highest BCUT2D eigenvalue weighted by atomic mass is 16.5. The van der Waals surface area contributed by atoms with E-state index in [0.717, 1.165) is 5.56 Å². The topological polar surface area (TPSA) is 60.8 Å². The second kappa shape index (κ2) is 5.44. The summed E-state index contributed by atoms with van der Waals surface area (Å²) in [4.78, 5) is 12.0. The van der Waals surface area contributed by atoms with Gasteiger partial charge in [-0.25, -0.2) is 0 Å². The zero-order valence-corrected chi connectivity index (χ0v) is 9.65. The number of carbonyl (C=O) groups excluding carboxylic acids is 1. The number of aliphatic hydroxyl groups is 1. The van der Waals surface area contributed by atoms with Crippen LogP contribution in [0.25, 0.3) is 0 Å². The molecule has 1 amide bonds. The Hall–Kier alpha value is -2.17. The van der Waals surface area contributed by atoms with Crippen molar-refractivity contribution in [2.45, 2.75) is 6.61 Å². The number of rotatable bonds is 3. The average molecular weight is 243 g/mol. The van der Waals surface area contributed by atoms with Gasteiger partial charge in [0.2, 0.25) is 0 Å². The Morgan fingerprint density at radius 1 is 1.00 bits per heavy atom. The predicted octanol–water partition coefficient (Wildman–Crippen LogP) is 2.21. The molecule has 0 aliphatic heterocycles. The van der Waals surface area contributed by atoms with Crippen molar-refractivity contribution in [3.8, 4) is 0 Å². The predicted molar refractivity (Wildman–Crippen MR) is 67.4 cm³/mol. The fourth-order valence-corrected chi connectivity index (χ4v) is 1.56. The highest BCUT2D eigenvalue weighted by Crippen LogP contribution is 2.15. The Balaban J connectivity index is 2.20. The van der Waals surface area contributed by atoms with E-state index in [1.165, 1.54) is 0 Å². The van der Waals surface area contributed by atoms with E-state index in [4.69, 9.17) is 5.11 Å². The standard InChI is InChI=1S/C14H13NO3/c16-10-11-6-8-12(9-7-11)14(17)15(18)13-4-2-1-3-5-13/h1-9,16,18H,10H2. The van der Waals surface area contributed by atoms with E-state index in [1.807, 2.05) is 0 Å². The minimum Gasteiger partial charge on any atom is -0.392 e. The summed E-state index contributed by atoms with van der Waals surface area (Å²) in [6.07, 6.45) is 0. The van der Waals surface area contributed by atoms with Gasteiger partial charge in [-0.1, -0.05) is 30.3 Å². The number of para-hydroxylation sites is 1. The van der Waals surface area contributed by atoms with Crippen LogP contribution in [0.15, 0.2) is 54.6 Å². The molecule has 0 spiro atoms. The first kappa shape index (κ1) is 12.3. The van der Waals surface area contributed by atoms with Gasteiger partial charge in [-0.3, -0.25) is 10.0 Å². The van der Waals surface area contributed by atoms with Crippen LogP contribution < -0.4 is 5.06 Å². The molecule has 18 heavy (non-hydrogen) atoms. The SMILES string of the molecule is O=C(c1ccc(CO)cc1)N(O)c1ccccc1. The van der Waals surface area contributed by atoms with Crippen molar-refractivity contribution in [2.75, 3.05) is 5.06 Å². The normalized spacial score (nSPS) is 10.1. The van der Waals surface area contributed by atoms with Crippen molar-refractivity contribution in [3.05, 3.63) is 65.7 Å². The van der Waals surface area contributed by atoms with Crippen molar-refractivity contribution in [2.24, 2.45) is 0 Å². The van der Waals surface area contributed by atoms with Crippen molar-refractivity contribution in [1.29, 1.82) is 0 Å². The summed E-state index contributed by atoms with van der Waals surface area (Å²) in [7, 11) is 0. The van der Waals surface area contributed by atoms with Gasteiger partial charge in [-0.05, 0) is 29.8 Å². The molecular weight excluding hydrogens is 230 g/mol. The van der Waals surface area contributed by atoms with Gasteiger partial charge in [0.15, 0.2) is 0 Å². The van der Waals surface area contributed by atoms with Crippen LogP contribution in [-0.2, 0) is 6.61 Å². The van der Waals surface area contributed by atoms with Gasteiger partial charge >= 0.3 is 0 Å². The molecule has 0 bridgehead atoms. The third kappa shape index (κ3) is 2.56. The Bertz CT molecular complexity index is 522. The lowest BCUT2D eigenvalue weighted by atomic mass is 10.1. The van der Waals surface area contributed by atoms with E-state index in [0.29, 0.717) is 16.3 Å². The van der Waals surface area contributed by atoms with Gasteiger partial charge in [0.25, 0.3) is 5.91 Å². The molecule has 0 heterocycles. The van der Waals surface area contributed by atoms with Crippen LogP contribution in [0.1, 0.15) is 15.9 Å². The van der Waals surface area contributed by atoms with Gasteiger partial charge in [0.1, 0.15) is 0 Å². The highest BCUT2D eigenvalue weighted by Gasteiger charge is 2.14. The monoisotopic (exact) mass is 243 g/mol. The summed E-state index contributed by atoms with van der Waals surface area (Å²) in [6.45, 7) is -0.0734. The number of anilines is 1. The number of aliphatic hydroxyl groups excluding tert-OH is 1. The van der Waals surface area contributed by atoms with Crippen LogP contribution >= 0.6 is 0 Å². The molecule has 0 aliphatic rings. The first-order valence-electron chi connectivity index (χ1n) is 5.50. The molecule has 4 nitrogen and oxygen atoms in total. The van der Waals surface area contributed by atoms with Gasteiger partial charge < -0.3 is 5.11 Å². The lowest BCUT2D eigenvalue weighted by Crippen LogP contribution is -2.26. The van der Waals surface area contributed by atoms with Gasteiger partial charge in [-0.15, -0.1) is 0 Å². The molecule has 0 aromatic heterocycles. The second-order valence-corrected chi connectivity index (χ2v) is 3.81. The smallest absolute Gasteiger partial charge is 0.281 e. The molecule has 4 heteroatoms. The number of nitrogens with zero attached hydrogens (tertiary/aromatic N) is 1. The van der Waals surface area contributed by atoms with Crippen LogP contribution in [0.2, 0.25) is 0 Å². The van der Waals surface area contributed by atoms with E-state index in [1.54, 1.807) is 54.6 Å². The molecule has 0 fully saturated rings. The van der Waals surface area contributed by atoms with E-state index in [2.05, 4.69) is 0 Å². The summed E-state index contributed by atoms with van der Waals surface area (Å²) in [5, 5.41) is 19.3. The maximum absolute atomic E-state index is 12.0. The fraction of sp³-hybridized carbons (Fsp3) is 0.0714. The highest BCUT2D eigenvalue weighted by molar-refractivity contribution is 6.04. The molecule has 92 valence electrons. The third-order valence-electron chi connectivity index (χ3n) is 2.58. The molecule has 0 unspecified atom stereocenters. The zero-order chi connectivity index (χ0) is 13.0. The Kier molecular flexibility index (Phi) is 3.72. The van der Waals surface area contributed by atoms with E-state index in [9.17, 15) is 10.0 Å². The summed E-state index contributed by atoms with van der Waals surface area (Å²) in [6, 6.07) is 15.0. The molecule has 0 aliphatic carbocycles. The number of hydroxylamine groups is 1. The van der Waals surface area contributed by atoms with Gasteiger partial charge in [0, 0.05) is 5.56 Å². The van der Waals surface area contributed by atoms with E-state index >= 15 is 0 Å². The molecule has 0 atom stereocenters. The molecule has 0 radical (unpaired) electrons. The molecule has 0 saturated carbocycles. The van der Waals surface area contributed by atoms with Gasteiger partial charge in [0.05, 0.1) is 12.3 Å². The summed E-state index contributed by atoms with van der Waals surface area (Å²) in [5.74, 6) is -0.509. The quantitative estimate of drug-likeness (QED) is 0.641. The van der Waals surface area contributed by atoms with E-state index in [-0.39, 0.29) is 6.61 Å². The molecule has 2 aromatic rings. The van der Waals surface area contributed by atoms with Crippen molar-refractivity contribution < 1.29 is 15.1 Å². The van der Waals surface area contributed by atoms with Gasteiger partial charge in [-0.2, -0.15) is 5.06 Å². The Labute approximate surface area is 105 Å². The van der Waals surface area contributed by atoms with Crippen LogP contribution in [0.5, 0.6) is 0 Å². The van der Waals surface area contributed by atoms with Crippen molar-refractivity contribution in [1.82, 2.24) is 0 Å². The Morgan fingerprint density at radius 2 is 1.61 bits per heavy atom. The van der Waals surface area contributed by atoms with Crippen LogP contribution in [0.4, 0.5) is 5.69 Å². The van der Waals surface area contributed by atoms with Crippen molar-refractivity contribution >= 4 is 11.6 Å². The lowest BCUT2D eigenvalue weighted by Gasteiger charge is -2.14. The van der Waals surface area contributed by atoms with Crippen LogP contribution in [0, 0.1) is 0 Å². The summed E-state index contributed by atoms with van der Waals surface area (Å²) >= 11 is 0. The lowest BCUT2D eigenvalue weighted by molar-refractivity contribution is 0.0854. The fourth-order valence-electron chi connectivity index (χ4n) is 1.56. The minimum absolute atomic E-state index is 0.0734. The molecule has 2 N–H and O–H groups in total. The first-order valence-corrected chi connectivity index (χ1v) is 5.50. The molecule has 2 rings (SSSR count). The molecule has 2 aromatic carbocycles. The zero-order valence-electron chi connectivity index (χ0n) is 9.65. The third-order valence-corrected chi connectivity index (χ3v) is 2.58. The maximum atomic E-state index is 12.0. The van der Waals surface area contributed by atoms with Crippen molar-refractivity contribution in [3.63, 3.8) is 0 Å². The summed E-state index contributed by atoms with van der Waals surface area (Å²) < 4.78 is 0. The van der Waals surface area contributed by atoms with Crippen LogP contribution in [-0.4, -0.2) is 16.2 Å². The number of amides is 1. The minimum atomic E-state index is -0.509. The first-order chi connectivity index (χ1) is 8.72. The number of hydrogen-bond donors (Lipinski definition) is 2. The molecular formula is C14H13NO3. The van der Waals surface area contributed by atoms with Crippen LogP contribution in [0.3, 0.4) is 0 Å². The van der Waals surface area contributed by atoms with E-state index < -0.39 is 5.91 Å². The number of carbonyl (C=O) groups is 1. The Morgan fingerprint density at radius 3 is 2.17 bits per heavy atom. The average Bonchev–Trinajstić information content (AvgIpc) is 2.47. The number of hydrogen-bond acceptors (Lipinski definition) is 3. The molecule has 0 saturated heterocycles. The summed E-state index contributed by atoms with van der Waals surface area (Å²) in [5.41, 5.74) is 1.49. The number of benzene rings is 2.